The number of benzene rings is 1. The molecule has 1 N–H and O–H groups in total. The van der Waals surface area contributed by atoms with Gasteiger partial charge in [0.05, 0.1) is 17.1 Å². The molecule has 1 saturated heterocycles. The van der Waals surface area contributed by atoms with Gasteiger partial charge in [-0.05, 0) is 51.9 Å². The Hall–Kier alpha value is -2.62. The Kier molecular flexibility index (Phi) is 6.98. The highest BCUT2D eigenvalue weighted by molar-refractivity contribution is 7.89. The zero-order valence-corrected chi connectivity index (χ0v) is 19.5. The Morgan fingerprint density at radius 3 is 2.31 bits per heavy atom. The number of sulfonamides is 1. The van der Waals surface area contributed by atoms with Crippen LogP contribution in [-0.4, -0.2) is 59.5 Å². The van der Waals surface area contributed by atoms with Gasteiger partial charge in [0, 0.05) is 18.7 Å². The van der Waals surface area contributed by atoms with Crippen molar-refractivity contribution >= 4 is 10.0 Å². The van der Waals surface area contributed by atoms with Crippen molar-refractivity contribution in [3.8, 4) is 17.1 Å². The van der Waals surface area contributed by atoms with Crippen molar-refractivity contribution < 1.29 is 8.42 Å². The lowest BCUT2D eigenvalue weighted by Crippen LogP contribution is -2.35. The summed E-state index contributed by atoms with van der Waals surface area (Å²) in [4.78, 5) is 2.55. The van der Waals surface area contributed by atoms with Crippen molar-refractivity contribution in [1.29, 1.82) is 0 Å². The fourth-order valence-electron chi connectivity index (χ4n) is 4.21. The highest BCUT2D eigenvalue weighted by Gasteiger charge is 2.25. The quantitative estimate of drug-likeness (QED) is 0.590. The summed E-state index contributed by atoms with van der Waals surface area (Å²) >= 11 is 0. The van der Waals surface area contributed by atoms with E-state index in [0.717, 1.165) is 30.9 Å². The number of rotatable bonds is 7. The van der Waals surface area contributed by atoms with Gasteiger partial charge in [-0.2, -0.15) is 5.10 Å². The molecule has 4 rings (SSSR count). The lowest BCUT2D eigenvalue weighted by Gasteiger charge is -2.19. The second kappa shape index (κ2) is 9.89. The first-order valence-corrected chi connectivity index (χ1v) is 12.6. The van der Waals surface area contributed by atoms with Crippen molar-refractivity contribution in [3.05, 3.63) is 53.9 Å². The summed E-state index contributed by atoms with van der Waals surface area (Å²) in [5.41, 5.74) is 2.68. The van der Waals surface area contributed by atoms with Crippen molar-refractivity contribution in [3.63, 3.8) is 0 Å². The highest BCUT2D eigenvalue weighted by atomic mass is 32.2. The average Bonchev–Trinajstić information content (AvgIpc) is 2.95. The smallest absolute Gasteiger partial charge is 0.244 e. The Morgan fingerprint density at radius 2 is 1.66 bits per heavy atom. The summed E-state index contributed by atoms with van der Waals surface area (Å²) in [6.07, 6.45) is 4.88. The largest absolute Gasteiger partial charge is 0.302 e. The van der Waals surface area contributed by atoms with Crippen molar-refractivity contribution in [2.24, 2.45) is 0 Å². The predicted molar refractivity (Wildman–Crippen MR) is 124 cm³/mol. The van der Waals surface area contributed by atoms with Crippen LogP contribution in [0.5, 0.6) is 0 Å². The van der Waals surface area contributed by atoms with Gasteiger partial charge in [-0.15, -0.1) is 10.2 Å². The zero-order chi connectivity index (χ0) is 22.6. The molecule has 0 spiro atoms. The Labute approximate surface area is 189 Å². The second-order valence-corrected chi connectivity index (χ2v) is 9.91. The van der Waals surface area contributed by atoms with Crippen LogP contribution < -0.4 is 4.72 Å². The zero-order valence-electron chi connectivity index (χ0n) is 18.7. The van der Waals surface area contributed by atoms with Gasteiger partial charge in [0.25, 0.3) is 0 Å². The lowest BCUT2D eigenvalue weighted by atomic mass is 10.1. The normalized spacial score (nSPS) is 15.6. The van der Waals surface area contributed by atoms with Gasteiger partial charge in [0.2, 0.25) is 10.0 Å². The van der Waals surface area contributed by atoms with E-state index in [2.05, 4.69) is 24.9 Å². The van der Waals surface area contributed by atoms with E-state index in [-0.39, 0.29) is 4.90 Å². The minimum absolute atomic E-state index is 0.210. The Balaban J connectivity index is 1.49. The molecule has 0 aliphatic carbocycles. The first-order valence-electron chi connectivity index (χ1n) is 11.1. The molecule has 0 saturated carbocycles. The molecule has 32 heavy (non-hydrogen) atoms. The molecule has 2 aromatic heterocycles. The third-order valence-electron chi connectivity index (χ3n) is 5.85. The number of nitrogens with zero attached hydrogens (tertiary/aromatic N) is 5. The number of aryl methyl sites for hydroxylation is 1. The molecular formula is C23H30N6O2S. The SMILES string of the molecule is Cc1nn(-c2ccc(-c3ccccc3)nn2)c(C)c1S(=O)(=O)NCCN1CCCCCC1. The third-order valence-corrected chi connectivity index (χ3v) is 7.56. The summed E-state index contributed by atoms with van der Waals surface area (Å²) in [5, 5.41) is 13.0. The van der Waals surface area contributed by atoms with Gasteiger partial charge >= 0.3 is 0 Å². The fraction of sp³-hybridized carbons (Fsp3) is 0.435. The van der Waals surface area contributed by atoms with Crippen molar-refractivity contribution in [2.75, 3.05) is 26.2 Å². The monoisotopic (exact) mass is 454 g/mol. The van der Waals surface area contributed by atoms with E-state index in [9.17, 15) is 8.42 Å². The summed E-state index contributed by atoms with van der Waals surface area (Å²) in [5.74, 6) is 0.483. The van der Waals surface area contributed by atoms with Crippen LogP contribution >= 0.6 is 0 Å². The molecule has 1 aliphatic heterocycles. The summed E-state index contributed by atoms with van der Waals surface area (Å²) < 4.78 is 30.4. The topological polar surface area (TPSA) is 93.0 Å². The predicted octanol–water partition coefficient (Wildman–Crippen LogP) is 3.10. The van der Waals surface area contributed by atoms with Gasteiger partial charge in [-0.3, -0.25) is 0 Å². The van der Waals surface area contributed by atoms with Gasteiger partial charge < -0.3 is 4.90 Å². The van der Waals surface area contributed by atoms with Crippen LogP contribution in [0.4, 0.5) is 0 Å². The van der Waals surface area contributed by atoms with Crippen LogP contribution in [0.25, 0.3) is 17.1 Å². The van der Waals surface area contributed by atoms with Crippen LogP contribution in [-0.2, 0) is 10.0 Å². The van der Waals surface area contributed by atoms with Crippen LogP contribution in [0.2, 0.25) is 0 Å². The minimum Gasteiger partial charge on any atom is -0.302 e. The van der Waals surface area contributed by atoms with E-state index >= 15 is 0 Å². The molecule has 9 heteroatoms. The van der Waals surface area contributed by atoms with E-state index in [1.54, 1.807) is 24.6 Å². The molecule has 0 radical (unpaired) electrons. The maximum atomic E-state index is 13.0. The van der Waals surface area contributed by atoms with Crippen LogP contribution in [0.15, 0.2) is 47.4 Å². The van der Waals surface area contributed by atoms with Gasteiger partial charge in [0.1, 0.15) is 4.90 Å². The summed E-state index contributed by atoms with van der Waals surface area (Å²) in [6, 6.07) is 13.4. The Bertz CT molecular complexity index is 1140. The fourth-order valence-corrected chi connectivity index (χ4v) is 5.62. The molecule has 1 aromatic carbocycles. The van der Waals surface area contributed by atoms with Crippen molar-refractivity contribution in [2.45, 2.75) is 44.4 Å². The lowest BCUT2D eigenvalue weighted by molar-refractivity contribution is 0.290. The Morgan fingerprint density at radius 1 is 0.938 bits per heavy atom. The summed E-state index contributed by atoms with van der Waals surface area (Å²) in [7, 11) is -3.68. The van der Waals surface area contributed by atoms with Crippen molar-refractivity contribution in [1.82, 2.24) is 29.6 Å². The number of hydrogen-bond acceptors (Lipinski definition) is 6. The van der Waals surface area contributed by atoms with E-state index in [1.807, 2.05) is 36.4 Å². The van der Waals surface area contributed by atoms with Gasteiger partial charge in [-0.25, -0.2) is 17.8 Å². The van der Waals surface area contributed by atoms with Crippen LogP contribution in [0.1, 0.15) is 37.1 Å². The first kappa shape index (κ1) is 22.6. The average molecular weight is 455 g/mol. The molecule has 1 aliphatic rings. The molecule has 170 valence electrons. The molecule has 1 fully saturated rings. The van der Waals surface area contributed by atoms with Crippen LogP contribution in [0.3, 0.4) is 0 Å². The minimum atomic E-state index is -3.68. The van der Waals surface area contributed by atoms with E-state index < -0.39 is 10.0 Å². The van der Waals surface area contributed by atoms with Gasteiger partial charge in [-0.1, -0.05) is 43.2 Å². The molecule has 0 amide bonds. The molecule has 0 atom stereocenters. The van der Waals surface area contributed by atoms with Gasteiger partial charge in [0.15, 0.2) is 5.82 Å². The maximum absolute atomic E-state index is 13.0. The summed E-state index contributed by atoms with van der Waals surface area (Å²) in [6.45, 7) is 6.63. The van der Waals surface area contributed by atoms with E-state index in [0.29, 0.717) is 23.8 Å². The maximum Gasteiger partial charge on any atom is 0.244 e. The highest BCUT2D eigenvalue weighted by Crippen LogP contribution is 2.22. The standard InChI is InChI=1S/C23H30N6O2S/c1-18-23(32(30,31)24-14-17-28-15-8-3-4-9-16-28)19(2)29(27-18)22-13-12-21(25-26-22)20-10-6-5-7-11-20/h5-7,10-13,24H,3-4,8-9,14-17H2,1-2H3. The molecular weight excluding hydrogens is 424 g/mol. The molecule has 0 unspecified atom stereocenters. The first-order chi connectivity index (χ1) is 15.5. The van der Waals surface area contributed by atoms with E-state index in [4.69, 9.17) is 0 Å². The third kappa shape index (κ3) is 5.06. The molecule has 0 bridgehead atoms. The molecule has 8 nitrogen and oxygen atoms in total. The number of nitrogens with one attached hydrogen (secondary N) is 1. The number of hydrogen-bond donors (Lipinski definition) is 1. The second-order valence-electron chi connectivity index (χ2n) is 8.21. The number of likely N-dealkylation sites (tertiary alicyclic amines) is 1. The van der Waals surface area contributed by atoms with E-state index in [1.165, 1.54) is 25.7 Å². The number of aromatic nitrogens is 4. The molecule has 3 heterocycles. The van der Waals surface area contributed by atoms with Crippen LogP contribution in [0, 0.1) is 13.8 Å². The molecule has 3 aromatic rings.